The Morgan fingerprint density at radius 1 is 0.788 bits per heavy atom. The van der Waals surface area contributed by atoms with Gasteiger partial charge in [-0.25, -0.2) is 0 Å². The number of halogens is 4. The fourth-order valence-corrected chi connectivity index (χ4v) is 9.64. The van der Waals surface area contributed by atoms with E-state index < -0.39 is 46.8 Å². The van der Waals surface area contributed by atoms with Gasteiger partial charge in [-0.1, -0.05) is 76.3 Å². The molecule has 0 spiro atoms. The number of allylic oxidation sites excluding steroid dienone is 2. The highest BCUT2D eigenvalue weighted by Crippen LogP contribution is 2.65. The molecule has 6 unspecified atom stereocenters. The third-order valence-corrected chi connectivity index (χ3v) is 12.1. The number of carbonyl (C=O) groups is 4. The summed E-state index contributed by atoms with van der Waals surface area (Å²) in [6.45, 7) is 0. The van der Waals surface area contributed by atoms with Crippen molar-refractivity contribution in [3.63, 3.8) is 0 Å². The third-order valence-electron chi connectivity index (χ3n) is 11.0. The maximum atomic E-state index is 15.3. The lowest BCUT2D eigenvalue weighted by atomic mass is 9.49. The lowest BCUT2D eigenvalue weighted by Gasteiger charge is -2.50. The molecule has 13 heteroatoms. The molecule has 2 aliphatic carbocycles. The second kappa shape index (κ2) is 12.8. The minimum absolute atomic E-state index is 0.0792. The number of nitrogens with zero attached hydrogens (tertiary/aromatic N) is 2. The van der Waals surface area contributed by atoms with Gasteiger partial charge in [-0.2, -0.15) is 5.01 Å². The van der Waals surface area contributed by atoms with E-state index in [2.05, 4.69) is 5.43 Å². The molecule has 2 N–H and O–H groups in total. The van der Waals surface area contributed by atoms with Gasteiger partial charge in [0.1, 0.15) is 11.5 Å². The molecule has 8 rings (SSSR count). The molecule has 4 aromatic carbocycles. The van der Waals surface area contributed by atoms with Crippen LogP contribution in [0.4, 0.5) is 11.4 Å². The Morgan fingerprint density at radius 2 is 1.50 bits per heavy atom. The number of rotatable bonds is 6. The molecule has 3 fully saturated rings. The highest BCUT2D eigenvalue weighted by molar-refractivity contribution is 6.36. The number of aromatic hydroxyl groups is 1. The lowest BCUT2D eigenvalue weighted by molar-refractivity contribution is -0.138. The fraction of sp³-hybridized carbons (Fsp3) is 0.231. The quantitative estimate of drug-likeness (QED) is 0.150. The summed E-state index contributed by atoms with van der Waals surface area (Å²) in [7, 11) is 1.53. The van der Waals surface area contributed by atoms with Gasteiger partial charge in [-0.15, -0.1) is 0 Å². The molecule has 6 atom stereocenters. The zero-order valence-electron chi connectivity index (χ0n) is 27.4. The highest BCUT2D eigenvalue weighted by Gasteiger charge is 2.70. The Kier molecular flexibility index (Phi) is 8.53. The molecule has 2 heterocycles. The minimum Gasteiger partial charge on any atom is -0.508 e. The van der Waals surface area contributed by atoms with Crippen LogP contribution in [0.1, 0.15) is 29.9 Å². The summed E-state index contributed by atoms with van der Waals surface area (Å²) in [4.78, 5) is 59.8. The summed E-state index contributed by atoms with van der Waals surface area (Å²) < 4.78 is 5.45. The fourth-order valence-electron chi connectivity index (χ4n) is 8.78. The number of benzene rings is 4. The van der Waals surface area contributed by atoms with Crippen LogP contribution in [0.5, 0.6) is 11.5 Å². The molecule has 4 amide bonds. The topological polar surface area (TPSA) is 116 Å². The van der Waals surface area contributed by atoms with E-state index in [4.69, 9.17) is 51.1 Å². The number of imide groups is 2. The van der Waals surface area contributed by atoms with Crippen LogP contribution < -0.4 is 15.1 Å². The lowest BCUT2D eigenvalue weighted by Crippen LogP contribution is -2.53. The summed E-state index contributed by atoms with van der Waals surface area (Å²) in [5.74, 6) is -5.42. The number of ether oxygens (including phenoxy) is 1. The first-order valence-electron chi connectivity index (χ1n) is 16.5. The molecule has 1 saturated carbocycles. The summed E-state index contributed by atoms with van der Waals surface area (Å²) in [6, 6.07) is 22.6. The van der Waals surface area contributed by atoms with Gasteiger partial charge in [0.25, 0.3) is 11.8 Å². The molecule has 0 radical (unpaired) electrons. The molecule has 2 saturated heterocycles. The summed E-state index contributed by atoms with van der Waals surface area (Å²) in [5, 5.41) is 12.6. The van der Waals surface area contributed by atoms with E-state index in [0.29, 0.717) is 38.2 Å². The molecule has 4 aliphatic rings. The molecule has 264 valence electrons. The molecule has 2 aliphatic heterocycles. The second-order valence-electron chi connectivity index (χ2n) is 13.4. The minimum atomic E-state index is -1.59. The van der Waals surface area contributed by atoms with Gasteiger partial charge in [0.05, 0.1) is 46.7 Å². The Labute approximate surface area is 318 Å². The molecule has 0 aromatic heterocycles. The number of hydrogen-bond donors (Lipinski definition) is 2. The number of hydrogen-bond acceptors (Lipinski definition) is 7. The van der Waals surface area contributed by atoms with Crippen molar-refractivity contribution in [3.8, 4) is 11.5 Å². The zero-order valence-corrected chi connectivity index (χ0v) is 30.4. The van der Waals surface area contributed by atoms with Crippen LogP contribution >= 0.6 is 46.4 Å². The van der Waals surface area contributed by atoms with E-state index in [9.17, 15) is 19.5 Å². The number of phenolic OH excluding ortho intramolecular Hbond substituents is 1. The first-order chi connectivity index (χ1) is 24.9. The summed E-state index contributed by atoms with van der Waals surface area (Å²) in [6.07, 6.45) is 2.24. The predicted octanol–water partition coefficient (Wildman–Crippen LogP) is 8.20. The maximum Gasteiger partial charge on any atom is 0.260 e. The van der Waals surface area contributed by atoms with Crippen molar-refractivity contribution in [1.29, 1.82) is 0 Å². The van der Waals surface area contributed by atoms with E-state index in [1.807, 2.05) is 6.08 Å². The Bertz CT molecular complexity index is 2210. The number of hydrazine groups is 1. The Balaban J connectivity index is 1.33. The second-order valence-corrected chi connectivity index (χ2v) is 15.1. The first-order valence-corrected chi connectivity index (χ1v) is 18.0. The Hall–Kier alpha value is -4.54. The maximum absolute atomic E-state index is 15.3. The number of anilines is 2. The first kappa shape index (κ1) is 34.5. The van der Waals surface area contributed by atoms with Crippen LogP contribution in [0, 0.1) is 23.7 Å². The number of carbonyl (C=O) groups excluding carboxylic acids is 4. The SMILES string of the molecule is COc1ccc(C23C(=O)N(Nc4ccc(Cl)cc4Cl)C(=O)C2CC2C(=CCC4C(=O)N(c5ccc(Cl)cc5)C(=O)C42)C3c2ccc(O)cc2Cl)cc1. The smallest absolute Gasteiger partial charge is 0.260 e. The standard InChI is InChI=1S/C39H29Cl4N3O6/c1-52-24-10-2-19(3-11-24)39-29(36(49)46(38(39)51)44-32-15-6-21(41)16-31(32)43)18-28-25(34(39)26-12-9-23(47)17-30(26)42)13-14-27-33(28)37(50)45(35(27)48)22-7-4-20(40)5-8-22/h2-13,15-17,27-29,33-34,44,47H,14,18H2,1H3. The number of amides is 4. The molecule has 0 bridgehead atoms. The normalized spacial score (nSPS) is 26.6. The van der Waals surface area contributed by atoms with E-state index in [1.54, 1.807) is 66.7 Å². The molecular formula is C39H29Cl4N3O6. The molecule has 52 heavy (non-hydrogen) atoms. The van der Waals surface area contributed by atoms with Gasteiger partial charge < -0.3 is 9.84 Å². The van der Waals surface area contributed by atoms with Gasteiger partial charge in [0.15, 0.2) is 0 Å². The molecule has 9 nitrogen and oxygen atoms in total. The van der Waals surface area contributed by atoms with Crippen molar-refractivity contribution in [2.24, 2.45) is 23.7 Å². The van der Waals surface area contributed by atoms with E-state index in [1.165, 1.54) is 30.2 Å². The van der Waals surface area contributed by atoms with Gasteiger partial charge in [0.2, 0.25) is 11.8 Å². The number of phenols is 1. The molecular weight excluding hydrogens is 748 g/mol. The predicted molar refractivity (Wildman–Crippen MR) is 198 cm³/mol. The average molecular weight is 777 g/mol. The van der Waals surface area contributed by atoms with Crippen molar-refractivity contribution in [2.45, 2.75) is 24.2 Å². The molecule has 4 aromatic rings. The van der Waals surface area contributed by atoms with Crippen molar-refractivity contribution in [1.82, 2.24) is 5.01 Å². The van der Waals surface area contributed by atoms with Crippen LogP contribution in [-0.4, -0.2) is 40.9 Å². The number of nitrogens with one attached hydrogen (secondary N) is 1. The van der Waals surface area contributed by atoms with Crippen LogP contribution in [0.2, 0.25) is 20.1 Å². The number of methoxy groups -OCH3 is 1. The van der Waals surface area contributed by atoms with E-state index in [0.717, 1.165) is 5.01 Å². The van der Waals surface area contributed by atoms with Crippen LogP contribution in [-0.2, 0) is 24.6 Å². The van der Waals surface area contributed by atoms with Crippen molar-refractivity contribution >= 4 is 81.4 Å². The van der Waals surface area contributed by atoms with Crippen LogP contribution in [0.15, 0.2) is 96.6 Å². The van der Waals surface area contributed by atoms with Crippen LogP contribution in [0.3, 0.4) is 0 Å². The van der Waals surface area contributed by atoms with Crippen molar-refractivity contribution in [2.75, 3.05) is 17.4 Å². The van der Waals surface area contributed by atoms with Gasteiger partial charge in [-0.05, 0) is 96.6 Å². The Morgan fingerprint density at radius 3 is 2.17 bits per heavy atom. The van der Waals surface area contributed by atoms with E-state index in [-0.39, 0.29) is 46.1 Å². The van der Waals surface area contributed by atoms with Gasteiger partial charge >= 0.3 is 0 Å². The van der Waals surface area contributed by atoms with E-state index >= 15 is 4.79 Å². The average Bonchev–Trinajstić information content (AvgIpc) is 3.51. The largest absolute Gasteiger partial charge is 0.508 e. The third kappa shape index (κ3) is 5.12. The van der Waals surface area contributed by atoms with Crippen LogP contribution in [0.25, 0.3) is 0 Å². The monoisotopic (exact) mass is 775 g/mol. The number of fused-ring (bicyclic) bond motifs is 4. The highest BCUT2D eigenvalue weighted by atomic mass is 35.5. The summed E-state index contributed by atoms with van der Waals surface area (Å²) >= 11 is 25.7. The van der Waals surface area contributed by atoms with Gasteiger partial charge in [0, 0.05) is 21.0 Å². The van der Waals surface area contributed by atoms with Gasteiger partial charge in [-0.3, -0.25) is 29.5 Å². The van der Waals surface area contributed by atoms with Crippen molar-refractivity contribution in [3.05, 3.63) is 128 Å². The van der Waals surface area contributed by atoms with Crippen molar-refractivity contribution < 1.29 is 29.0 Å². The zero-order chi connectivity index (χ0) is 36.6. The summed E-state index contributed by atoms with van der Waals surface area (Å²) in [5.41, 5.74) is 3.78.